The Morgan fingerprint density at radius 3 is 2.88 bits per heavy atom. The Labute approximate surface area is 103 Å². The highest BCUT2D eigenvalue weighted by atomic mass is 32.2. The summed E-state index contributed by atoms with van der Waals surface area (Å²) < 4.78 is 0. The van der Waals surface area contributed by atoms with Crippen molar-refractivity contribution in [2.75, 3.05) is 0 Å². The SMILES string of the molecule is Cc1ccccc1CSC1CCCC(N)C1. The largest absolute Gasteiger partial charge is 0.328 e. The predicted octanol–water partition coefficient (Wildman–Crippen LogP) is 3.50. The minimum Gasteiger partial charge on any atom is -0.328 e. The number of rotatable bonds is 3. The third kappa shape index (κ3) is 3.26. The molecule has 16 heavy (non-hydrogen) atoms. The van der Waals surface area contributed by atoms with Gasteiger partial charge in [-0.2, -0.15) is 11.8 Å². The number of thioether (sulfide) groups is 1. The summed E-state index contributed by atoms with van der Waals surface area (Å²) in [5.41, 5.74) is 8.90. The molecule has 2 rings (SSSR count). The number of aryl methyl sites for hydroxylation is 1. The van der Waals surface area contributed by atoms with Crippen LogP contribution in [0, 0.1) is 6.92 Å². The third-order valence-corrected chi connectivity index (χ3v) is 4.78. The molecule has 1 nitrogen and oxygen atoms in total. The second-order valence-electron chi connectivity index (χ2n) is 4.79. The van der Waals surface area contributed by atoms with E-state index < -0.39 is 0 Å². The van der Waals surface area contributed by atoms with Gasteiger partial charge >= 0.3 is 0 Å². The first-order valence-corrected chi connectivity index (χ1v) is 7.22. The van der Waals surface area contributed by atoms with Crippen molar-refractivity contribution < 1.29 is 0 Å². The van der Waals surface area contributed by atoms with Gasteiger partial charge in [-0.3, -0.25) is 0 Å². The average Bonchev–Trinajstić information content (AvgIpc) is 2.28. The van der Waals surface area contributed by atoms with E-state index in [-0.39, 0.29) is 0 Å². The van der Waals surface area contributed by atoms with E-state index in [1.54, 1.807) is 0 Å². The Balaban J connectivity index is 1.85. The predicted molar refractivity (Wildman–Crippen MR) is 72.7 cm³/mol. The van der Waals surface area contributed by atoms with E-state index in [1.165, 1.54) is 36.8 Å². The van der Waals surface area contributed by atoms with Gasteiger partial charge in [-0.05, 0) is 37.3 Å². The standard InChI is InChI=1S/C14H21NS/c1-11-5-2-3-6-12(11)10-16-14-8-4-7-13(15)9-14/h2-3,5-6,13-14H,4,7-10,15H2,1H3. The van der Waals surface area contributed by atoms with Gasteiger partial charge in [0.2, 0.25) is 0 Å². The molecule has 1 aliphatic carbocycles. The molecule has 88 valence electrons. The average molecular weight is 235 g/mol. The lowest BCUT2D eigenvalue weighted by Gasteiger charge is -2.26. The minimum absolute atomic E-state index is 0.447. The van der Waals surface area contributed by atoms with Crippen molar-refractivity contribution in [3.05, 3.63) is 35.4 Å². The van der Waals surface area contributed by atoms with Crippen LogP contribution < -0.4 is 5.73 Å². The summed E-state index contributed by atoms with van der Waals surface area (Å²) in [5.74, 6) is 1.14. The first kappa shape index (κ1) is 12.0. The highest BCUT2D eigenvalue weighted by Crippen LogP contribution is 2.30. The van der Waals surface area contributed by atoms with Gasteiger partial charge in [0, 0.05) is 17.0 Å². The van der Waals surface area contributed by atoms with Gasteiger partial charge in [0.25, 0.3) is 0 Å². The molecule has 1 aromatic carbocycles. The monoisotopic (exact) mass is 235 g/mol. The van der Waals surface area contributed by atoms with E-state index in [0.717, 1.165) is 11.0 Å². The van der Waals surface area contributed by atoms with E-state index >= 15 is 0 Å². The Bertz CT molecular complexity index is 337. The summed E-state index contributed by atoms with van der Waals surface area (Å²) in [5, 5.41) is 0.781. The van der Waals surface area contributed by atoms with Gasteiger partial charge in [-0.15, -0.1) is 0 Å². The summed E-state index contributed by atoms with van der Waals surface area (Å²) in [6.07, 6.45) is 5.09. The first-order valence-electron chi connectivity index (χ1n) is 6.17. The van der Waals surface area contributed by atoms with Crippen molar-refractivity contribution in [2.45, 2.75) is 49.7 Å². The summed E-state index contributed by atoms with van der Waals surface area (Å²) in [7, 11) is 0. The highest BCUT2D eigenvalue weighted by molar-refractivity contribution is 7.99. The molecule has 1 fully saturated rings. The molecule has 0 saturated heterocycles. The van der Waals surface area contributed by atoms with Crippen LogP contribution in [0.25, 0.3) is 0 Å². The van der Waals surface area contributed by atoms with Crippen LogP contribution in [0.1, 0.15) is 36.8 Å². The minimum atomic E-state index is 0.447. The van der Waals surface area contributed by atoms with Crippen molar-refractivity contribution in [3.63, 3.8) is 0 Å². The molecule has 0 radical (unpaired) electrons. The lowest BCUT2D eigenvalue weighted by Crippen LogP contribution is -2.29. The maximum absolute atomic E-state index is 6.01. The van der Waals surface area contributed by atoms with Crippen molar-refractivity contribution >= 4 is 11.8 Å². The molecule has 1 aromatic rings. The normalized spacial score (nSPS) is 25.6. The fourth-order valence-corrected chi connectivity index (χ4v) is 3.77. The third-order valence-electron chi connectivity index (χ3n) is 3.40. The quantitative estimate of drug-likeness (QED) is 0.868. The molecule has 0 amide bonds. The molecule has 0 spiro atoms. The van der Waals surface area contributed by atoms with Crippen LogP contribution >= 0.6 is 11.8 Å². The lowest BCUT2D eigenvalue weighted by molar-refractivity contribution is 0.451. The number of nitrogens with two attached hydrogens (primary N) is 1. The summed E-state index contributed by atoms with van der Waals surface area (Å²) >= 11 is 2.09. The van der Waals surface area contributed by atoms with Gasteiger partial charge in [-0.25, -0.2) is 0 Å². The fourth-order valence-electron chi connectivity index (χ4n) is 2.31. The molecule has 0 aliphatic heterocycles. The van der Waals surface area contributed by atoms with Crippen molar-refractivity contribution in [2.24, 2.45) is 5.73 Å². The van der Waals surface area contributed by atoms with Crippen LogP contribution in [0.4, 0.5) is 0 Å². The van der Waals surface area contributed by atoms with Crippen LogP contribution in [0.15, 0.2) is 24.3 Å². The Hall–Kier alpha value is -0.470. The topological polar surface area (TPSA) is 26.0 Å². The van der Waals surface area contributed by atoms with Gasteiger partial charge in [-0.1, -0.05) is 30.7 Å². The lowest BCUT2D eigenvalue weighted by atomic mass is 9.96. The van der Waals surface area contributed by atoms with E-state index in [2.05, 4.69) is 43.0 Å². The number of hydrogen-bond donors (Lipinski definition) is 1. The molecule has 0 bridgehead atoms. The van der Waals surface area contributed by atoms with Crippen LogP contribution in [0.5, 0.6) is 0 Å². The molecule has 2 heteroatoms. The van der Waals surface area contributed by atoms with E-state index in [9.17, 15) is 0 Å². The van der Waals surface area contributed by atoms with Gasteiger partial charge in [0.15, 0.2) is 0 Å². The van der Waals surface area contributed by atoms with Crippen LogP contribution in [-0.2, 0) is 5.75 Å². The molecule has 0 heterocycles. The Kier molecular flexibility index (Phi) is 4.30. The van der Waals surface area contributed by atoms with E-state index in [1.807, 2.05) is 0 Å². The molecular weight excluding hydrogens is 214 g/mol. The second kappa shape index (κ2) is 5.74. The smallest absolute Gasteiger partial charge is 0.0189 e. The summed E-state index contributed by atoms with van der Waals surface area (Å²) in [6.45, 7) is 2.20. The molecule has 2 atom stereocenters. The maximum Gasteiger partial charge on any atom is 0.0189 e. The Morgan fingerprint density at radius 2 is 2.12 bits per heavy atom. The fraction of sp³-hybridized carbons (Fsp3) is 0.571. The van der Waals surface area contributed by atoms with Gasteiger partial charge in [0.1, 0.15) is 0 Å². The molecule has 0 aromatic heterocycles. The van der Waals surface area contributed by atoms with Crippen LogP contribution in [-0.4, -0.2) is 11.3 Å². The van der Waals surface area contributed by atoms with Crippen molar-refractivity contribution in [1.29, 1.82) is 0 Å². The van der Waals surface area contributed by atoms with Crippen molar-refractivity contribution in [1.82, 2.24) is 0 Å². The zero-order valence-corrected chi connectivity index (χ0v) is 10.8. The molecule has 1 aliphatic rings. The highest BCUT2D eigenvalue weighted by Gasteiger charge is 2.19. The zero-order chi connectivity index (χ0) is 11.4. The molecule has 2 N–H and O–H groups in total. The maximum atomic E-state index is 6.01. The van der Waals surface area contributed by atoms with E-state index in [0.29, 0.717) is 6.04 Å². The summed E-state index contributed by atoms with van der Waals surface area (Å²) in [6, 6.07) is 9.13. The van der Waals surface area contributed by atoms with Crippen LogP contribution in [0.2, 0.25) is 0 Å². The van der Waals surface area contributed by atoms with Gasteiger partial charge < -0.3 is 5.73 Å². The van der Waals surface area contributed by atoms with Gasteiger partial charge in [0.05, 0.1) is 0 Å². The second-order valence-corrected chi connectivity index (χ2v) is 6.07. The van der Waals surface area contributed by atoms with Crippen molar-refractivity contribution in [3.8, 4) is 0 Å². The zero-order valence-electron chi connectivity index (χ0n) is 9.99. The van der Waals surface area contributed by atoms with E-state index in [4.69, 9.17) is 5.73 Å². The molecular formula is C14H21NS. The summed E-state index contributed by atoms with van der Waals surface area (Å²) in [4.78, 5) is 0. The molecule has 1 saturated carbocycles. The molecule has 2 unspecified atom stereocenters. The number of hydrogen-bond acceptors (Lipinski definition) is 2. The van der Waals surface area contributed by atoms with Crippen LogP contribution in [0.3, 0.4) is 0 Å². The first-order chi connectivity index (χ1) is 7.75. The number of benzene rings is 1. The Morgan fingerprint density at radius 1 is 1.31 bits per heavy atom.